The van der Waals surface area contributed by atoms with Crippen molar-refractivity contribution in [1.82, 2.24) is 4.90 Å². The third-order valence-corrected chi connectivity index (χ3v) is 4.58. The summed E-state index contributed by atoms with van der Waals surface area (Å²) in [6.07, 6.45) is 0.876. The van der Waals surface area contributed by atoms with E-state index in [0.29, 0.717) is 30.6 Å². The monoisotopic (exact) mass is 345 g/mol. The maximum absolute atomic E-state index is 6.40. The molecular weight excluding hydrogens is 326 g/mol. The molecule has 0 bridgehead atoms. The summed E-state index contributed by atoms with van der Waals surface area (Å²) in [5.74, 6) is 2.40. The lowest BCUT2D eigenvalue weighted by molar-refractivity contribution is 0.219. The van der Waals surface area contributed by atoms with Crippen LogP contribution in [0, 0.1) is 0 Å². The van der Waals surface area contributed by atoms with Gasteiger partial charge in [0, 0.05) is 31.6 Å². The molecule has 0 unspecified atom stereocenters. The second kappa shape index (κ2) is 6.91. The van der Waals surface area contributed by atoms with E-state index in [9.17, 15) is 0 Å². The summed E-state index contributed by atoms with van der Waals surface area (Å²) in [6, 6.07) is 12.2. The smallest absolute Gasteiger partial charge is 0.179 e. The Morgan fingerprint density at radius 1 is 0.958 bits per heavy atom. The third-order valence-electron chi connectivity index (χ3n) is 4.30. The summed E-state index contributed by atoms with van der Waals surface area (Å²) in [7, 11) is 0. The molecule has 0 atom stereocenters. The van der Waals surface area contributed by atoms with Crippen molar-refractivity contribution in [3.63, 3.8) is 0 Å². The van der Waals surface area contributed by atoms with E-state index in [4.69, 9.17) is 25.8 Å². The number of ether oxygens (including phenoxy) is 3. The van der Waals surface area contributed by atoms with E-state index in [1.54, 1.807) is 0 Å². The number of hydrogen-bond acceptors (Lipinski definition) is 4. The summed E-state index contributed by atoms with van der Waals surface area (Å²) in [5, 5.41) is 0.621. The van der Waals surface area contributed by atoms with Gasteiger partial charge in [0.1, 0.15) is 12.4 Å². The lowest BCUT2D eigenvalue weighted by Gasteiger charge is -2.20. The fourth-order valence-electron chi connectivity index (χ4n) is 3.15. The summed E-state index contributed by atoms with van der Waals surface area (Å²) in [4.78, 5) is 2.36. The van der Waals surface area contributed by atoms with Gasteiger partial charge >= 0.3 is 0 Å². The molecule has 0 fully saturated rings. The van der Waals surface area contributed by atoms with Crippen LogP contribution in [0.3, 0.4) is 0 Å². The van der Waals surface area contributed by atoms with Gasteiger partial charge in [-0.15, -0.1) is 0 Å². The van der Waals surface area contributed by atoms with Crippen molar-refractivity contribution in [2.24, 2.45) is 0 Å². The molecule has 2 heterocycles. The van der Waals surface area contributed by atoms with Gasteiger partial charge in [-0.05, 0) is 23.8 Å². The summed E-state index contributed by atoms with van der Waals surface area (Å²) < 4.78 is 17.3. The average molecular weight is 346 g/mol. The molecule has 0 saturated heterocycles. The van der Waals surface area contributed by atoms with E-state index in [1.165, 1.54) is 5.56 Å². The Balaban J connectivity index is 1.55. The molecule has 4 nitrogen and oxygen atoms in total. The zero-order chi connectivity index (χ0) is 16.4. The number of halogens is 1. The molecule has 5 heteroatoms. The Morgan fingerprint density at radius 3 is 2.75 bits per heavy atom. The standard InChI is InChI=1S/C19H20ClNO3/c20-16-10-14(11-18-19(16)24-8-3-7-22-18)12-21-6-9-23-17-5-2-1-4-15(17)13-21/h1-2,4-5,10-11H,3,6-9,12-13H2. The topological polar surface area (TPSA) is 30.9 Å². The molecule has 0 aliphatic carbocycles. The fourth-order valence-corrected chi connectivity index (χ4v) is 3.44. The van der Waals surface area contributed by atoms with Crippen LogP contribution in [0.4, 0.5) is 0 Å². The van der Waals surface area contributed by atoms with Crippen LogP contribution in [0.15, 0.2) is 36.4 Å². The van der Waals surface area contributed by atoms with Gasteiger partial charge in [0.15, 0.2) is 11.5 Å². The van der Waals surface area contributed by atoms with Crippen LogP contribution in [0.1, 0.15) is 17.5 Å². The first-order valence-corrected chi connectivity index (χ1v) is 8.68. The van der Waals surface area contributed by atoms with Gasteiger partial charge in [0.05, 0.1) is 18.2 Å². The second-order valence-electron chi connectivity index (χ2n) is 6.12. The van der Waals surface area contributed by atoms with Gasteiger partial charge in [-0.3, -0.25) is 4.90 Å². The molecule has 24 heavy (non-hydrogen) atoms. The Hall–Kier alpha value is -1.91. The van der Waals surface area contributed by atoms with Gasteiger partial charge in [0.25, 0.3) is 0 Å². The minimum Gasteiger partial charge on any atom is -0.492 e. The number of rotatable bonds is 2. The molecule has 126 valence electrons. The SMILES string of the molecule is Clc1cc(CN2CCOc3ccccc3C2)cc2c1OCCCO2. The minimum absolute atomic E-state index is 0.621. The maximum atomic E-state index is 6.40. The number of fused-ring (bicyclic) bond motifs is 2. The molecule has 2 aromatic rings. The Bertz CT molecular complexity index is 735. The maximum Gasteiger partial charge on any atom is 0.179 e. The van der Waals surface area contributed by atoms with E-state index >= 15 is 0 Å². The van der Waals surface area contributed by atoms with Gasteiger partial charge in [-0.2, -0.15) is 0 Å². The Kier molecular flexibility index (Phi) is 4.50. The molecule has 4 rings (SSSR count). The highest BCUT2D eigenvalue weighted by atomic mass is 35.5. The first-order chi connectivity index (χ1) is 11.8. The van der Waals surface area contributed by atoms with Crippen molar-refractivity contribution >= 4 is 11.6 Å². The van der Waals surface area contributed by atoms with Gasteiger partial charge in [0.2, 0.25) is 0 Å². The average Bonchev–Trinajstić information content (AvgIpc) is 2.93. The van der Waals surface area contributed by atoms with Crippen molar-refractivity contribution in [3.05, 3.63) is 52.5 Å². The van der Waals surface area contributed by atoms with Gasteiger partial charge in [-0.1, -0.05) is 29.8 Å². The normalized spacial score (nSPS) is 17.4. The zero-order valence-corrected chi connectivity index (χ0v) is 14.2. The highest BCUT2D eigenvalue weighted by molar-refractivity contribution is 6.32. The van der Waals surface area contributed by atoms with E-state index in [-0.39, 0.29) is 0 Å². The predicted molar refractivity (Wildman–Crippen MR) is 93.1 cm³/mol. The molecular formula is C19H20ClNO3. The largest absolute Gasteiger partial charge is 0.492 e. The van der Waals surface area contributed by atoms with Gasteiger partial charge in [-0.25, -0.2) is 0 Å². The van der Waals surface area contributed by atoms with E-state index in [2.05, 4.69) is 17.0 Å². The highest BCUT2D eigenvalue weighted by Gasteiger charge is 2.19. The third kappa shape index (κ3) is 3.30. The van der Waals surface area contributed by atoms with Crippen LogP contribution >= 0.6 is 11.6 Å². The quantitative estimate of drug-likeness (QED) is 0.826. The van der Waals surface area contributed by atoms with Crippen LogP contribution in [0.2, 0.25) is 5.02 Å². The number of nitrogens with zero attached hydrogens (tertiary/aromatic N) is 1. The Labute approximate surface area is 146 Å². The summed E-state index contributed by atoms with van der Waals surface area (Å²) in [5.41, 5.74) is 2.35. The molecule has 0 amide bonds. The molecule has 0 saturated carbocycles. The van der Waals surface area contributed by atoms with Crippen molar-refractivity contribution in [3.8, 4) is 17.2 Å². The van der Waals surface area contributed by atoms with Crippen molar-refractivity contribution in [2.45, 2.75) is 19.5 Å². The molecule has 0 radical (unpaired) electrons. The van der Waals surface area contributed by atoms with E-state index < -0.39 is 0 Å². The number of para-hydroxylation sites is 1. The van der Waals surface area contributed by atoms with Crippen molar-refractivity contribution in [2.75, 3.05) is 26.4 Å². The zero-order valence-electron chi connectivity index (χ0n) is 13.5. The Morgan fingerprint density at radius 2 is 1.79 bits per heavy atom. The van der Waals surface area contributed by atoms with Crippen LogP contribution < -0.4 is 14.2 Å². The molecule has 0 spiro atoms. The van der Waals surface area contributed by atoms with Crippen molar-refractivity contribution < 1.29 is 14.2 Å². The van der Waals surface area contributed by atoms with E-state index in [0.717, 1.165) is 43.1 Å². The minimum atomic E-state index is 0.621. The highest BCUT2D eigenvalue weighted by Crippen LogP contribution is 2.38. The summed E-state index contributed by atoms with van der Waals surface area (Å²) in [6.45, 7) is 4.54. The van der Waals surface area contributed by atoms with Crippen LogP contribution in [-0.2, 0) is 13.1 Å². The number of benzene rings is 2. The lowest BCUT2D eigenvalue weighted by atomic mass is 10.1. The molecule has 0 aromatic heterocycles. The molecule has 2 aliphatic rings. The molecule has 2 aliphatic heterocycles. The van der Waals surface area contributed by atoms with Crippen LogP contribution in [0.5, 0.6) is 17.2 Å². The van der Waals surface area contributed by atoms with Crippen LogP contribution in [0.25, 0.3) is 0 Å². The molecule has 2 aromatic carbocycles. The van der Waals surface area contributed by atoms with Crippen molar-refractivity contribution in [1.29, 1.82) is 0 Å². The first-order valence-electron chi connectivity index (χ1n) is 8.31. The fraction of sp³-hybridized carbons (Fsp3) is 0.368. The second-order valence-corrected chi connectivity index (χ2v) is 6.53. The number of hydrogen-bond donors (Lipinski definition) is 0. The molecule has 0 N–H and O–H groups in total. The van der Waals surface area contributed by atoms with Gasteiger partial charge < -0.3 is 14.2 Å². The van der Waals surface area contributed by atoms with Crippen LogP contribution in [-0.4, -0.2) is 31.3 Å². The lowest BCUT2D eigenvalue weighted by Crippen LogP contribution is -2.25. The predicted octanol–water partition coefficient (Wildman–Crippen LogP) is 3.90. The summed E-state index contributed by atoms with van der Waals surface area (Å²) >= 11 is 6.40. The van der Waals surface area contributed by atoms with E-state index in [1.807, 2.05) is 24.3 Å². The first kappa shape index (κ1) is 15.6.